The molecule has 0 saturated heterocycles. The van der Waals surface area contributed by atoms with Crippen LogP contribution in [0.4, 0.5) is 0 Å². The number of likely N-dealkylation sites (N-methyl/N-ethyl adjacent to an activating group) is 1. The van der Waals surface area contributed by atoms with E-state index < -0.39 is 14.7 Å². The highest BCUT2D eigenvalue weighted by Gasteiger charge is 2.15. The van der Waals surface area contributed by atoms with E-state index in [9.17, 15) is 9.69 Å². The molecule has 8 heteroatoms. The Morgan fingerprint density at radius 2 is 1.71 bits per heavy atom. The summed E-state index contributed by atoms with van der Waals surface area (Å²) in [5, 5.41) is 2.92. The van der Waals surface area contributed by atoms with Crippen LogP contribution in [-0.2, 0) is 25.0 Å². The molecule has 0 fully saturated rings. The lowest BCUT2D eigenvalue weighted by atomic mass is 10.1. The lowest BCUT2D eigenvalue weighted by Gasteiger charge is -2.17. The van der Waals surface area contributed by atoms with Crippen molar-refractivity contribution < 1.29 is 28.2 Å². The van der Waals surface area contributed by atoms with Crippen molar-refractivity contribution in [2.75, 3.05) is 33.4 Å². The van der Waals surface area contributed by atoms with Gasteiger partial charge in [-0.3, -0.25) is 4.79 Å². The molecule has 1 aromatic carbocycles. The molecule has 7 nitrogen and oxygen atoms in total. The van der Waals surface area contributed by atoms with Crippen LogP contribution in [0, 0.1) is 0 Å². The third-order valence-electron chi connectivity index (χ3n) is 5.59. The highest BCUT2D eigenvalue weighted by molar-refractivity contribution is 7.40. The van der Waals surface area contributed by atoms with Crippen molar-refractivity contribution in [1.82, 2.24) is 5.32 Å². The van der Waals surface area contributed by atoms with Gasteiger partial charge in [0.15, 0.2) is 0 Å². The molecular formula is C26H46NO6P. The van der Waals surface area contributed by atoms with E-state index in [1.165, 1.54) is 57.8 Å². The average molecular weight is 500 g/mol. The van der Waals surface area contributed by atoms with E-state index in [-0.39, 0.29) is 6.61 Å². The lowest BCUT2D eigenvalue weighted by molar-refractivity contribution is -0.135. The molecule has 0 aliphatic carbocycles. The standard InChI is InChI=1S/C26H46NO6P/c1-3-4-5-6-7-8-9-10-11-12-19-30-25-15-13-14-24(21-25)16-17-26(31-23-28)22-33-34(29)32-20-18-27-2/h13-15,21,23,26-27,29H,3-12,16-20,22H2,1-2H3. The summed E-state index contributed by atoms with van der Waals surface area (Å²) >= 11 is 0. The molecule has 0 aliphatic heterocycles. The van der Waals surface area contributed by atoms with E-state index in [1.54, 1.807) is 7.05 Å². The third-order valence-corrected chi connectivity index (χ3v) is 6.37. The first-order valence-corrected chi connectivity index (χ1v) is 14.0. The number of hydrogen-bond acceptors (Lipinski definition) is 7. The summed E-state index contributed by atoms with van der Waals surface area (Å²) in [5.41, 5.74) is 1.11. The number of unbranched alkanes of at least 4 members (excludes halogenated alkanes) is 9. The van der Waals surface area contributed by atoms with Gasteiger partial charge in [0.25, 0.3) is 6.47 Å². The molecule has 1 rings (SSSR count). The molecule has 34 heavy (non-hydrogen) atoms. The Morgan fingerprint density at radius 1 is 1.00 bits per heavy atom. The minimum atomic E-state index is -1.98. The van der Waals surface area contributed by atoms with Crippen LogP contribution >= 0.6 is 8.60 Å². The van der Waals surface area contributed by atoms with Crippen molar-refractivity contribution in [1.29, 1.82) is 0 Å². The van der Waals surface area contributed by atoms with Crippen molar-refractivity contribution in [3.05, 3.63) is 29.8 Å². The molecule has 2 atom stereocenters. The molecule has 196 valence electrons. The fourth-order valence-electron chi connectivity index (χ4n) is 3.58. The molecule has 1 aromatic rings. The molecule has 0 aliphatic rings. The summed E-state index contributed by atoms with van der Waals surface area (Å²) in [7, 11) is -0.178. The number of nitrogens with one attached hydrogen (secondary N) is 1. The highest BCUT2D eigenvalue weighted by Crippen LogP contribution is 2.32. The summed E-state index contributed by atoms with van der Waals surface area (Å²) in [6.45, 7) is 4.47. The van der Waals surface area contributed by atoms with Gasteiger partial charge in [-0.25, -0.2) is 0 Å². The zero-order valence-corrected chi connectivity index (χ0v) is 22.1. The summed E-state index contributed by atoms with van der Waals surface area (Å²) < 4.78 is 21.5. The van der Waals surface area contributed by atoms with Gasteiger partial charge in [-0.15, -0.1) is 0 Å². The summed E-state index contributed by atoms with van der Waals surface area (Å²) in [4.78, 5) is 20.6. The number of carbonyl (C=O) groups excluding carboxylic acids is 1. The average Bonchev–Trinajstić information content (AvgIpc) is 2.84. The van der Waals surface area contributed by atoms with Crippen LogP contribution in [0.15, 0.2) is 24.3 Å². The predicted octanol–water partition coefficient (Wildman–Crippen LogP) is 5.93. The maximum atomic E-state index is 10.8. The highest BCUT2D eigenvalue weighted by atomic mass is 31.2. The summed E-state index contributed by atoms with van der Waals surface area (Å²) in [6, 6.07) is 8.03. The van der Waals surface area contributed by atoms with Crippen LogP contribution in [0.3, 0.4) is 0 Å². The molecular weight excluding hydrogens is 453 g/mol. The largest absolute Gasteiger partial charge is 0.494 e. The zero-order chi connectivity index (χ0) is 24.7. The number of hydrogen-bond donors (Lipinski definition) is 2. The Kier molecular flexibility index (Phi) is 20.1. The molecule has 0 heterocycles. The Bertz CT molecular complexity index is 606. The van der Waals surface area contributed by atoms with Gasteiger partial charge in [0, 0.05) is 6.54 Å². The van der Waals surface area contributed by atoms with Crippen molar-refractivity contribution in [3.63, 3.8) is 0 Å². The quantitative estimate of drug-likeness (QED) is 0.104. The van der Waals surface area contributed by atoms with E-state index in [1.807, 2.05) is 24.3 Å². The first-order valence-electron chi connectivity index (χ1n) is 12.9. The van der Waals surface area contributed by atoms with Crippen LogP contribution < -0.4 is 10.1 Å². The SMILES string of the molecule is CCCCCCCCCCCCOc1cccc(CCC(COP(O)OCCNC)OC=O)c1. The van der Waals surface area contributed by atoms with E-state index >= 15 is 0 Å². The Hall–Kier alpha value is -1.24. The number of benzene rings is 1. The number of ether oxygens (including phenoxy) is 2. The fraction of sp³-hybridized carbons (Fsp3) is 0.731. The maximum absolute atomic E-state index is 10.8. The van der Waals surface area contributed by atoms with Crippen molar-refractivity contribution >= 4 is 15.1 Å². The fourth-order valence-corrected chi connectivity index (χ4v) is 4.19. The van der Waals surface area contributed by atoms with E-state index in [4.69, 9.17) is 18.5 Å². The van der Waals surface area contributed by atoms with Crippen LogP contribution in [-0.4, -0.2) is 50.9 Å². The number of carbonyl (C=O) groups is 1. The zero-order valence-electron chi connectivity index (χ0n) is 21.2. The van der Waals surface area contributed by atoms with Gasteiger partial charge < -0.3 is 28.7 Å². The smallest absolute Gasteiger partial charge is 0.330 e. The predicted molar refractivity (Wildman–Crippen MR) is 138 cm³/mol. The van der Waals surface area contributed by atoms with E-state index in [0.717, 1.165) is 24.3 Å². The van der Waals surface area contributed by atoms with Crippen LogP contribution in [0.2, 0.25) is 0 Å². The normalized spacial score (nSPS) is 12.9. The Labute approximate surface area is 207 Å². The second-order valence-electron chi connectivity index (χ2n) is 8.54. The van der Waals surface area contributed by atoms with E-state index in [0.29, 0.717) is 32.5 Å². The van der Waals surface area contributed by atoms with Gasteiger partial charge in [-0.2, -0.15) is 0 Å². The Balaban J connectivity index is 2.21. The third kappa shape index (κ3) is 17.2. The van der Waals surface area contributed by atoms with Crippen LogP contribution in [0.1, 0.15) is 83.1 Å². The van der Waals surface area contributed by atoms with Gasteiger partial charge in [-0.05, 0) is 44.0 Å². The van der Waals surface area contributed by atoms with Gasteiger partial charge >= 0.3 is 8.60 Å². The van der Waals surface area contributed by atoms with E-state index in [2.05, 4.69) is 12.2 Å². The van der Waals surface area contributed by atoms with Crippen LogP contribution in [0.5, 0.6) is 5.75 Å². The minimum Gasteiger partial charge on any atom is -0.494 e. The second-order valence-corrected chi connectivity index (χ2v) is 9.53. The van der Waals surface area contributed by atoms with Crippen molar-refractivity contribution in [2.24, 2.45) is 0 Å². The van der Waals surface area contributed by atoms with Crippen molar-refractivity contribution in [2.45, 2.75) is 90.1 Å². The minimum absolute atomic E-state index is 0.0927. The number of rotatable bonds is 24. The molecule has 0 radical (unpaired) electrons. The first kappa shape index (κ1) is 30.8. The summed E-state index contributed by atoms with van der Waals surface area (Å²) in [6.07, 6.45) is 13.9. The van der Waals surface area contributed by atoms with Gasteiger partial charge in [0.1, 0.15) is 11.9 Å². The first-order chi connectivity index (χ1) is 16.7. The molecule has 0 aromatic heterocycles. The monoisotopic (exact) mass is 499 g/mol. The molecule has 2 unspecified atom stereocenters. The topological polar surface area (TPSA) is 86.2 Å². The lowest BCUT2D eigenvalue weighted by Crippen LogP contribution is -2.20. The maximum Gasteiger partial charge on any atom is 0.330 e. The molecule has 0 saturated carbocycles. The van der Waals surface area contributed by atoms with Gasteiger partial charge in [0.2, 0.25) is 0 Å². The molecule has 0 bridgehead atoms. The molecule has 0 amide bonds. The van der Waals surface area contributed by atoms with Gasteiger partial charge in [-0.1, -0.05) is 76.8 Å². The molecule has 2 N–H and O–H groups in total. The number of aryl methyl sites for hydroxylation is 1. The summed E-state index contributed by atoms with van der Waals surface area (Å²) in [5.74, 6) is 0.870. The second kappa shape index (κ2) is 22.2. The van der Waals surface area contributed by atoms with Crippen LogP contribution in [0.25, 0.3) is 0 Å². The van der Waals surface area contributed by atoms with Gasteiger partial charge in [0.05, 0.1) is 19.8 Å². The van der Waals surface area contributed by atoms with Crippen molar-refractivity contribution in [3.8, 4) is 5.75 Å². The Morgan fingerprint density at radius 3 is 2.38 bits per heavy atom. The molecule has 0 spiro atoms.